The Bertz CT molecular complexity index is 631. The van der Waals surface area contributed by atoms with Crippen molar-refractivity contribution in [1.29, 1.82) is 0 Å². The number of benzene rings is 2. The summed E-state index contributed by atoms with van der Waals surface area (Å²) in [6.07, 6.45) is -5.30. The highest BCUT2D eigenvalue weighted by molar-refractivity contribution is 6.08. The third-order valence-corrected chi connectivity index (χ3v) is 2.88. The second kappa shape index (κ2) is 6.60. The minimum atomic E-state index is -4.27. The van der Waals surface area contributed by atoms with Crippen molar-refractivity contribution in [2.24, 2.45) is 0 Å². The van der Waals surface area contributed by atoms with Gasteiger partial charge >= 0.3 is 6.18 Å². The lowest BCUT2D eigenvalue weighted by atomic mass is 10.0. The van der Waals surface area contributed by atoms with Gasteiger partial charge in [-0.15, -0.1) is 0 Å². The van der Waals surface area contributed by atoms with Crippen molar-refractivity contribution >= 4 is 5.78 Å². The summed E-state index contributed by atoms with van der Waals surface area (Å²) in [5.41, 5.74) is 0.668. The van der Waals surface area contributed by atoms with Crippen molar-refractivity contribution in [1.82, 2.24) is 0 Å². The number of rotatable bonds is 5. The molecule has 0 radical (unpaired) electrons. The summed E-state index contributed by atoms with van der Waals surface area (Å²) >= 11 is 0. The van der Waals surface area contributed by atoms with Crippen molar-refractivity contribution in [2.45, 2.75) is 12.6 Å². The number of carbonyl (C=O) groups excluding carboxylic acids is 1. The number of ether oxygens (including phenoxy) is 1. The van der Waals surface area contributed by atoms with Crippen molar-refractivity contribution in [3.05, 3.63) is 65.5 Å². The molecule has 22 heavy (non-hydrogen) atoms. The third kappa shape index (κ3) is 4.58. The molecule has 0 saturated carbocycles. The van der Waals surface area contributed by atoms with Crippen LogP contribution in [0.4, 0.5) is 17.6 Å². The molecule has 0 amide bonds. The summed E-state index contributed by atoms with van der Waals surface area (Å²) in [5.74, 6) is -0.494. The molecule has 0 aliphatic rings. The largest absolute Gasteiger partial charge is 0.493 e. The van der Waals surface area contributed by atoms with E-state index in [-0.39, 0.29) is 11.5 Å². The molecule has 0 unspecified atom stereocenters. The van der Waals surface area contributed by atoms with Crippen LogP contribution in [-0.2, 0) is 0 Å². The maximum Gasteiger partial charge on any atom is 0.392 e. The summed E-state index contributed by atoms with van der Waals surface area (Å²) in [6.45, 7) is -0.477. The van der Waals surface area contributed by atoms with Crippen LogP contribution in [-0.4, -0.2) is 18.6 Å². The molecule has 0 N–H and O–H groups in total. The van der Waals surface area contributed by atoms with Crippen molar-refractivity contribution in [3.63, 3.8) is 0 Å². The van der Waals surface area contributed by atoms with Gasteiger partial charge in [-0.1, -0.05) is 0 Å². The van der Waals surface area contributed by atoms with E-state index in [1.54, 1.807) is 0 Å². The number of carbonyl (C=O) groups is 1. The van der Waals surface area contributed by atoms with Gasteiger partial charge in [-0.3, -0.25) is 4.79 Å². The molecule has 0 aromatic heterocycles. The zero-order valence-corrected chi connectivity index (χ0v) is 11.4. The lowest BCUT2D eigenvalue weighted by Crippen LogP contribution is -2.13. The maximum absolute atomic E-state index is 12.8. The van der Waals surface area contributed by atoms with Crippen LogP contribution >= 0.6 is 0 Å². The maximum atomic E-state index is 12.8. The fourth-order valence-electron chi connectivity index (χ4n) is 1.76. The van der Waals surface area contributed by atoms with Crippen molar-refractivity contribution in [3.8, 4) is 5.75 Å². The van der Waals surface area contributed by atoms with Crippen LogP contribution in [0.3, 0.4) is 0 Å². The van der Waals surface area contributed by atoms with Gasteiger partial charge < -0.3 is 4.74 Å². The topological polar surface area (TPSA) is 26.3 Å². The van der Waals surface area contributed by atoms with Gasteiger partial charge in [-0.05, 0) is 48.5 Å². The first kappa shape index (κ1) is 16.0. The Hall–Kier alpha value is -2.37. The van der Waals surface area contributed by atoms with Crippen LogP contribution in [0.1, 0.15) is 22.3 Å². The van der Waals surface area contributed by atoms with E-state index in [4.69, 9.17) is 4.74 Å². The molecular formula is C16H12F4O2. The van der Waals surface area contributed by atoms with Gasteiger partial charge in [0.1, 0.15) is 11.6 Å². The highest BCUT2D eigenvalue weighted by Gasteiger charge is 2.26. The monoisotopic (exact) mass is 312 g/mol. The highest BCUT2D eigenvalue weighted by atomic mass is 19.4. The first-order chi connectivity index (χ1) is 10.3. The first-order valence-electron chi connectivity index (χ1n) is 6.45. The van der Waals surface area contributed by atoms with Gasteiger partial charge in [0.05, 0.1) is 13.0 Å². The van der Waals surface area contributed by atoms with Gasteiger partial charge in [-0.2, -0.15) is 13.2 Å². The first-order valence-corrected chi connectivity index (χ1v) is 6.45. The molecule has 0 bridgehead atoms. The molecule has 116 valence electrons. The smallest absolute Gasteiger partial charge is 0.392 e. The molecule has 6 heteroatoms. The van der Waals surface area contributed by atoms with Gasteiger partial charge in [0.25, 0.3) is 0 Å². The minimum absolute atomic E-state index is 0.250. The van der Waals surface area contributed by atoms with Crippen LogP contribution in [0.15, 0.2) is 48.5 Å². The van der Waals surface area contributed by atoms with Crippen LogP contribution in [0.25, 0.3) is 0 Å². The summed E-state index contributed by atoms with van der Waals surface area (Å²) in [4.78, 5) is 12.1. The van der Waals surface area contributed by atoms with Crippen molar-refractivity contribution < 1.29 is 27.1 Å². The van der Waals surface area contributed by atoms with E-state index >= 15 is 0 Å². The van der Waals surface area contributed by atoms with Gasteiger partial charge in [-0.25, -0.2) is 4.39 Å². The van der Waals surface area contributed by atoms with E-state index in [2.05, 4.69) is 0 Å². The number of hydrogen-bond acceptors (Lipinski definition) is 2. The number of alkyl halides is 3. The molecule has 0 fully saturated rings. The predicted molar refractivity (Wildman–Crippen MR) is 72.4 cm³/mol. The number of ketones is 1. The van der Waals surface area contributed by atoms with Gasteiger partial charge in [0, 0.05) is 11.1 Å². The van der Waals surface area contributed by atoms with E-state index in [0.717, 1.165) is 0 Å². The van der Waals surface area contributed by atoms with Gasteiger partial charge in [0.15, 0.2) is 5.78 Å². The van der Waals surface area contributed by atoms with E-state index in [9.17, 15) is 22.4 Å². The summed E-state index contributed by atoms with van der Waals surface area (Å²) < 4.78 is 53.7. The highest BCUT2D eigenvalue weighted by Crippen LogP contribution is 2.21. The molecule has 2 aromatic carbocycles. The molecule has 0 heterocycles. The molecule has 0 atom stereocenters. The lowest BCUT2D eigenvalue weighted by molar-refractivity contribution is -0.139. The standard InChI is InChI=1S/C16H12F4O2/c17-13-5-1-11(2-6-13)15(21)12-3-7-14(8-4-12)22-10-9-16(18,19)20/h1-8H,9-10H2. The Labute approximate surface area is 124 Å². The Morgan fingerprint density at radius 1 is 0.909 bits per heavy atom. The zero-order valence-electron chi connectivity index (χ0n) is 11.4. The van der Waals surface area contributed by atoms with E-state index in [1.807, 2.05) is 0 Å². The van der Waals surface area contributed by atoms with E-state index in [0.29, 0.717) is 11.1 Å². The van der Waals surface area contributed by atoms with Crippen LogP contribution in [0.2, 0.25) is 0 Å². The third-order valence-electron chi connectivity index (χ3n) is 2.88. The fourth-order valence-corrected chi connectivity index (χ4v) is 1.76. The molecule has 0 spiro atoms. The van der Waals surface area contributed by atoms with Crippen LogP contribution in [0.5, 0.6) is 5.75 Å². The summed E-state index contributed by atoms with van der Waals surface area (Å²) in [6, 6.07) is 10.9. The Kier molecular flexibility index (Phi) is 4.80. The van der Waals surface area contributed by atoms with Gasteiger partial charge in [0.2, 0.25) is 0 Å². The number of halogens is 4. The quantitative estimate of drug-likeness (QED) is 0.604. The van der Waals surface area contributed by atoms with E-state index < -0.39 is 25.0 Å². The normalized spacial score (nSPS) is 11.3. The molecule has 0 aliphatic heterocycles. The van der Waals surface area contributed by atoms with Crippen LogP contribution in [0, 0.1) is 5.82 Å². The molecule has 2 rings (SSSR count). The summed E-state index contributed by atoms with van der Waals surface area (Å²) in [7, 11) is 0. The van der Waals surface area contributed by atoms with E-state index in [1.165, 1.54) is 48.5 Å². The molecular weight excluding hydrogens is 300 g/mol. The van der Waals surface area contributed by atoms with Crippen molar-refractivity contribution in [2.75, 3.05) is 6.61 Å². The van der Waals surface area contributed by atoms with Crippen LogP contribution < -0.4 is 4.74 Å². The minimum Gasteiger partial charge on any atom is -0.493 e. The Morgan fingerprint density at radius 2 is 1.41 bits per heavy atom. The second-order valence-corrected chi connectivity index (χ2v) is 4.57. The molecule has 2 nitrogen and oxygen atoms in total. The molecule has 0 saturated heterocycles. The average Bonchev–Trinajstić information content (AvgIpc) is 2.47. The number of hydrogen-bond donors (Lipinski definition) is 0. The fraction of sp³-hybridized carbons (Fsp3) is 0.188. The second-order valence-electron chi connectivity index (χ2n) is 4.57. The Balaban J connectivity index is 1.99. The summed E-state index contributed by atoms with van der Waals surface area (Å²) in [5, 5.41) is 0. The zero-order chi connectivity index (χ0) is 16.2. The SMILES string of the molecule is O=C(c1ccc(F)cc1)c1ccc(OCCC(F)(F)F)cc1. The predicted octanol–water partition coefficient (Wildman–Crippen LogP) is 4.39. The molecule has 0 aliphatic carbocycles. The Morgan fingerprint density at radius 3 is 1.91 bits per heavy atom. The lowest BCUT2D eigenvalue weighted by Gasteiger charge is -2.09. The molecule has 2 aromatic rings. The average molecular weight is 312 g/mol.